The number of aryl methyl sites for hydroxylation is 2. The average Bonchev–Trinajstić information content (AvgIpc) is 3.03. The highest BCUT2D eigenvalue weighted by Gasteiger charge is 2.10. The van der Waals surface area contributed by atoms with Crippen LogP contribution in [0.1, 0.15) is 28.7 Å². The van der Waals surface area contributed by atoms with E-state index >= 15 is 0 Å². The lowest BCUT2D eigenvalue weighted by atomic mass is 10.1. The van der Waals surface area contributed by atoms with Crippen molar-refractivity contribution >= 4 is 17.8 Å². The van der Waals surface area contributed by atoms with E-state index in [0.717, 1.165) is 16.8 Å². The Morgan fingerprint density at radius 2 is 1.77 bits per heavy atom. The molecule has 1 aliphatic carbocycles. The molecule has 0 unspecified atom stereocenters. The van der Waals surface area contributed by atoms with Crippen LogP contribution in [0, 0.1) is 0 Å². The Balaban J connectivity index is 0.000000139. The van der Waals surface area contributed by atoms with Crippen molar-refractivity contribution < 1.29 is 4.74 Å². The third-order valence-corrected chi connectivity index (χ3v) is 3.96. The molecule has 2 aromatic rings. The lowest BCUT2D eigenvalue weighted by Crippen LogP contribution is -2.18. The molecule has 0 amide bonds. The lowest BCUT2D eigenvalue weighted by molar-refractivity contribution is 0.282. The predicted molar refractivity (Wildman–Crippen MR) is 91.1 cm³/mol. The van der Waals surface area contributed by atoms with Crippen molar-refractivity contribution in [2.24, 2.45) is 10.7 Å². The molecule has 0 aromatic heterocycles. The van der Waals surface area contributed by atoms with Crippen LogP contribution in [0.3, 0.4) is 0 Å². The molecule has 4 rings (SSSR count). The van der Waals surface area contributed by atoms with Gasteiger partial charge >= 0.3 is 0 Å². The first-order valence-electron chi connectivity index (χ1n) is 7.55. The first kappa shape index (κ1) is 14.4. The second-order valence-corrected chi connectivity index (χ2v) is 5.45. The fraction of sp³-hybridized carbons (Fsp3) is 0.211. The van der Waals surface area contributed by atoms with Crippen molar-refractivity contribution in [1.82, 2.24) is 0 Å². The minimum absolute atomic E-state index is 0.235. The maximum absolute atomic E-state index is 5.43. The van der Waals surface area contributed by atoms with Crippen molar-refractivity contribution in [3.8, 4) is 0 Å². The van der Waals surface area contributed by atoms with Gasteiger partial charge in [0, 0.05) is 5.56 Å². The molecule has 0 radical (unpaired) electrons. The van der Waals surface area contributed by atoms with Gasteiger partial charge in [0.05, 0.1) is 5.69 Å². The molecule has 1 heterocycles. The summed E-state index contributed by atoms with van der Waals surface area (Å²) < 4.78 is 5.10. The summed E-state index contributed by atoms with van der Waals surface area (Å²) in [6.07, 6.45) is 5.76. The van der Waals surface area contributed by atoms with Crippen molar-refractivity contribution in [1.29, 1.82) is 0 Å². The molecule has 0 bridgehead atoms. The zero-order valence-corrected chi connectivity index (χ0v) is 12.6. The summed E-state index contributed by atoms with van der Waals surface area (Å²) >= 11 is 0. The van der Waals surface area contributed by atoms with Crippen LogP contribution in [-0.4, -0.2) is 6.02 Å². The largest absolute Gasteiger partial charge is 0.460 e. The second kappa shape index (κ2) is 6.48. The average molecular weight is 292 g/mol. The molecule has 3 heteroatoms. The van der Waals surface area contributed by atoms with Gasteiger partial charge < -0.3 is 10.5 Å². The predicted octanol–water partition coefficient (Wildman–Crippen LogP) is 3.98. The normalized spacial score (nSPS) is 14.6. The molecule has 0 spiro atoms. The van der Waals surface area contributed by atoms with Crippen molar-refractivity contribution in [2.75, 3.05) is 0 Å². The smallest absolute Gasteiger partial charge is 0.287 e. The molecule has 1 aliphatic heterocycles. The van der Waals surface area contributed by atoms with Gasteiger partial charge in [-0.1, -0.05) is 43.0 Å². The van der Waals surface area contributed by atoms with Gasteiger partial charge in [-0.15, -0.1) is 0 Å². The maximum Gasteiger partial charge on any atom is 0.287 e. The van der Waals surface area contributed by atoms with Crippen LogP contribution in [0.2, 0.25) is 0 Å². The molecule has 0 fully saturated rings. The standard InChI is InChI=1S/C10H10N2O.C9H10/c1-2-7-3-4-9-8(5-7)6-13-10(11)12-9;1-2-5-9-7-3-6-8(9)4-1/h2-5H,1,6H2,(H2,11,12);1-2,4-5H,3,6-7H2. The molecule has 3 nitrogen and oxygen atoms in total. The van der Waals surface area contributed by atoms with Crippen LogP contribution < -0.4 is 5.73 Å². The number of nitrogens with two attached hydrogens (primary N) is 1. The maximum atomic E-state index is 5.43. The molecule has 22 heavy (non-hydrogen) atoms. The zero-order valence-electron chi connectivity index (χ0n) is 12.6. The fourth-order valence-corrected chi connectivity index (χ4v) is 2.77. The van der Waals surface area contributed by atoms with E-state index in [2.05, 4.69) is 35.8 Å². The van der Waals surface area contributed by atoms with Crippen molar-refractivity contribution in [2.45, 2.75) is 25.9 Å². The quantitative estimate of drug-likeness (QED) is 0.864. The Morgan fingerprint density at radius 1 is 1.05 bits per heavy atom. The summed E-state index contributed by atoms with van der Waals surface area (Å²) in [6.45, 7) is 4.19. The van der Waals surface area contributed by atoms with Crippen molar-refractivity contribution in [3.05, 3.63) is 71.3 Å². The first-order chi connectivity index (χ1) is 10.8. The monoisotopic (exact) mass is 292 g/mol. The number of benzene rings is 2. The molecule has 2 N–H and O–H groups in total. The van der Waals surface area contributed by atoms with Gasteiger partial charge in [0.1, 0.15) is 6.61 Å². The number of amidine groups is 1. The minimum atomic E-state index is 0.235. The minimum Gasteiger partial charge on any atom is -0.460 e. The molecule has 0 atom stereocenters. The topological polar surface area (TPSA) is 47.6 Å². The van der Waals surface area contributed by atoms with E-state index in [1.54, 1.807) is 17.2 Å². The van der Waals surface area contributed by atoms with Gasteiger partial charge in [0.2, 0.25) is 0 Å². The van der Waals surface area contributed by atoms with Crippen LogP contribution >= 0.6 is 0 Å². The highest BCUT2D eigenvalue weighted by atomic mass is 16.5. The number of fused-ring (bicyclic) bond motifs is 2. The molecule has 0 saturated carbocycles. The summed E-state index contributed by atoms with van der Waals surface area (Å²) in [4.78, 5) is 4.06. The molecule has 112 valence electrons. The number of hydrogen-bond acceptors (Lipinski definition) is 3. The zero-order chi connectivity index (χ0) is 15.4. The van der Waals surface area contributed by atoms with Crippen molar-refractivity contribution in [3.63, 3.8) is 0 Å². The van der Waals surface area contributed by atoms with Crippen LogP contribution in [0.25, 0.3) is 6.08 Å². The Hall–Kier alpha value is -2.55. The van der Waals surface area contributed by atoms with E-state index in [0.29, 0.717) is 6.61 Å². The molecule has 0 saturated heterocycles. The number of aliphatic imine (C=N–C) groups is 1. The highest BCUT2D eigenvalue weighted by Crippen LogP contribution is 2.25. The highest BCUT2D eigenvalue weighted by molar-refractivity contribution is 5.78. The molecular weight excluding hydrogens is 272 g/mol. The van der Waals surface area contributed by atoms with Crippen LogP contribution in [0.4, 0.5) is 5.69 Å². The van der Waals surface area contributed by atoms with Gasteiger partial charge in [-0.25, -0.2) is 0 Å². The van der Waals surface area contributed by atoms with Gasteiger partial charge in [-0.2, -0.15) is 4.99 Å². The van der Waals surface area contributed by atoms with Crippen LogP contribution in [-0.2, 0) is 24.2 Å². The number of ether oxygens (including phenoxy) is 1. The Morgan fingerprint density at radius 3 is 2.45 bits per heavy atom. The van der Waals surface area contributed by atoms with Gasteiger partial charge in [-0.05, 0) is 48.1 Å². The van der Waals surface area contributed by atoms with E-state index in [-0.39, 0.29) is 6.02 Å². The Labute approximate surface area is 131 Å². The van der Waals surface area contributed by atoms with E-state index in [4.69, 9.17) is 10.5 Å². The molecule has 2 aromatic carbocycles. The summed E-state index contributed by atoms with van der Waals surface area (Å²) in [5, 5.41) is 0. The van der Waals surface area contributed by atoms with Gasteiger partial charge in [0.25, 0.3) is 6.02 Å². The second-order valence-electron chi connectivity index (χ2n) is 5.45. The SMILES string of the molecule is C=Cc1ccc2c(c1)COC(N)=N2.c1ccc2c(c1)CCC2. The van der Waals surface area contributed by atoms with E-state index in [9.17, 15) is 0 Å². The summed E-state index contributed by atoms with van der Waals surface area (Å²) in [6, 6.07) is 14.8. The molecule has 2 aliphatic rings. The Bertz CT molecular complexity index is 696. The fourth-order valence-electron chi connectivity index (χ4n) is 2.77. The first-order valence-corrected chi connectivity index (χ1v) is 7.55. The number of rotatable bonds is 1. The lowest BCUT2D eigenvalue weighted by Gasteiger charge is -2.14. The third-order valence-electron chi connectivity index (χ3n) is 3.96. The number of hydrogen-bond donors (Lipinski definition) is 1. The van der Waals surface area contributed by atoms with Gasteiger partial charge in [-0.3, -0.25) is 0 Å². The molecular formula is C19H20N2O. The van der Waals surface area contributed by atoms with Crippen LogP contribution in [0.5, 0.6) is 0 Å². The van der Waals surface area contributed by atoms with E-state index in [1.165, 1.54) is 19.3 Å². The summed E-state index contributed by atoms with van der Waals surface area (Å²) in [5.41, 5.74) is 11.6. The summed E-state index contributed by atoms with van der Waals surface area (Å²) in [5.74, 6) is 0. The number of nitrogens with zero attached hydrogens (tertiary/aromatic N) is 1. The van der Waals surface area contributed by atoms with E-state index < -0.39 is 0 Å². The van der Waals surface area contributed by atoms with E-state index in [1.807, 2.05) is 18.2 Å². The Kier molecular flexibility index (Phi) is 4.24. The van der Waals surface area contributed by atoms with Crippen LogP contribution in [0.15, 0.2) is 54.0 Å². The third kappa shape index (κ3) is 3.19. The summed E-state index contributed by atoms with van der Waals surface area (Å²) in [7, 11) is 0. The van der Waals surface area contributed by atoms with Gasteiger partial charge in [0.15, 0.2) is 0 Å².